The Labute approximate surface area is 211 Å². The SMILES string of the molecule is COc1ccc(C(=O)Nc2c(Cl)cncc2Cl)c2cc(C(=O)N3CCN(C(O)CCO)CC3)oc12. The minimum absolute atomic E-state index is 0.0582. The molecule has 0 spiro atoms. The molecule has 1 unspecified atom stereocenters. The molecule has 186 valence electrons. The standard InChI is InChI=1S/C23H24Cl2N4O6/c1-34-17-3-2-13(22(32)27-20-15(24)11-26-12-16(20)25)14-10-18(35-21(14)17)23(33)29-7-5-28(6-8-29)19(31)4-9-30/h2-3,10-12,19,30-31H,4-9H2,1H3,(H,26,27,32). The third-order valence-electron chi connectivity index (χ3n) is 5.82. The summed E-state index contributed by atoms with van der Waals surface area (Å²) < 4.78 is 11.2. The van der Waals surface area contributed by atoms with E-state index in [9.17, 15) is 14.7 Å². The Balaban J connectivity index is 1.59. The molecule has 1 fully saturated rings. The van der Waals surface area contributed by atoms with Crippen molar-refractivity contribution in [3.05, 3.63) is 52.0 Å². The highest BCUT2D eigenvalue weighted by Gasteiger charge is 2.28. The van der Waals surface area contributed by atoms with Crippen molar-refractivity contribution in [3.8, 4) is 5.75 Å². The van der Waals surface area contributed by atoms with Gasteiger partial charge in [0.05, 0.1) is 28.4 Å². The first kappa shape index (κ1) is 25.2. The van der Waals surface area contributed by atoms with Gasteiger partial charge in [-0.3, -0.25) is 19.5 Å². The van der Waals surface area contributed by atoms with Crippen molar-refractivity contribution < 1.29 is 29.0 Å². The molecule has 35 heavy (non-hydrogen) atoms. The van der Waals surface area contributed by atoms with Crippen LogP contribution in [0.4, 0.5) is 5.69 Å². The molecule has 0 bridgehead atoms. The molecule has 1 atom stereocenters. The highest BCUT2D eigenvalue weighted by atomic mass is 35.5. The van der Waals surface area contributed by atoms with Crippen molar-refractivity contribution in [1.29, 1.82) is 0 Å². The summed E-state index contributed by atoms with van der Waals surface area (Å²) in [5.74, 6) is -0.416. The number of rotatable bonds is 7. The molecule has 3 heterocycles. The van der Waals surface area contributed by atoms with Gasteiger partial charge in [-0.2, -0.15) is 0 Å². The van der Waals surface area contributed by atoms with Gasteiger partial charge in [0, 0.05) is 57.0 Å². The van der Waals surface area contributed by atoms with Gasteiger partial charge in [0.25, 0.3) is 11.8 Å². The first-order valence-electron chi connectivity index (χ1n) is 10.9. The fourth-order valence-electron chi connectivity index (χ4n) is 3.95. The monoisotopic (exact) mass is 522 g/mol. The average Bonchev–Trinajstić information content (AvgIpc) is 3.31. The number of anilines is 1. The molecular weight excluding hydrogens is 499 g/mol. The summed E-state index contributed by atoms with van der Waals surface area (Å²) in [6, 6.07) is 4.65. The van der Waals surface area contributed by atoms with Crippen LogP contribution in [0.25, 0.3) is 11.0 Å². The van der Waals surface area contributed by atoms with Gasteiger partial charge in [0.2, 0.25) is 0 Å². The second-order valence-corrected chi connectivity index (χ2v) is 8.74. The fraction of sp³-hybridized carbons (Fsp3) is 0.348. The lowest BCUT2D eigenvalue weighted by Gasteiger charge is -2.36. The summed E-state index contributed by atoms with van der Waals surface area (Å²) in [6.45, 7) is 1.55. The number of aliphatic hydroxyl groups is 2. The number of nitrogens with one attached hydrogen (secondary N) is 1. The van der Waals surface area contributed by atoms with Crippen LogP contribution in [-0.2, 0) is 0 Å². The first-order chi connectivity index (χ1) is 16.8. The molecule has 10 nitrogen and oxygen atoms in total. The van der Waals surface area contributed by atoms with Crippen LogP contribution in [0.15, 0.2) is 35.0 Å². The Morgan fingerprint density at radius 2 is 1.89 bits per heavy atom. The molecule has 1 aliphatic heterocycles. The van der Waals surface area contributed by atoms with Crippen LogP contribution in [0.1, 0.15) is 27.3 Å². The molecule has 3 aromatic rings. The minimum atomic E-state index is -0.754. The van der Waals surface area contributed by atoms with Crippen molar-refractivity contribution in [3.63, 3.8) is 0 Å². The Hall–Kier alpha value is -2.89. The number of hydrogen-bond donors (Lipinski definition) is 3. The maximum atomic E-state index is 13.2. The van der Waals surface area contributed by atoms with E-state index in [4.69, 9.17) is 37.5 Å². The third kappa shape index (κ3) is 5.21. The number of furan rings is 1. The summed E-state index contributed by atoms with van der Waals surface area (Å²) in [6.07, 6.45) is 2.22. The number of carbonyl (C=O) groups excluding carboxylic acids is 2. The molecule has 1 aromatic carbocycles. The van der Waals surface area contributed by atoms with Gasteiger partial charge in [-0.1, -0.05) is 23.2 Å². The minimum Gasteiger partial charge on any atom is -0.493 e. The summed E-state index contributed by atoms with van der Waals surface area (Å²) >= 11 is 12.2. The Morgan fingerprint density at radius 1 is 1.20 bits per heavy atom. The van der Waals surface area contributed by atoms with Crippen LogP contribution in [0, 0.1) is 0 Å². The zero-order valence-electron chi connectivity index (χ0n) is 18.8. The zero-order chi connectivity index (χ0) is 25.1. The molecule has 0 radical (unpaired) electrons. The second-order valence-electron chi connectivity index (χ2n) is 7.92. The van der Waals surface area contributed by atoms with Gasteiger partial charge in [-0.25, -0.2) is 0 Å². The van der Waals surface area contributed by atoms with E-state index in [0.29, 0.717) is 37.3 Å². The van der Waals surface area contributed by atoms with E-state index in [1.165, 1.54) is 25.6 Å². The summed E-state index contributed by atoms with van der Waals surface area (Å²) in [7, 11) is 1.46. The fourth-order valence-corrected chi connectivity index (χ4v) is 4.41. The molecule has 3 N–H and O–H groups in total. The third-order valence-corrected chi connectivity index (χ3v) is 6.40. The molecule has 0 aliphatic carbocycles. The number of benzene rings is 1. The summed E-state index contributed by atoms with van der Waals surface area (Å²) in [5, 5.41) is 22.5. The van der Waals surface area contributed by atoms with Gasteiger partial charge in [0.15, 0.2) is 17.1 Å². The van der Waals surface area contributed by atoms with Gasteiger partial charge in [-0.15, -0.1) is 0 Å². The lowest BCUT2D eigenvalue weighted by Crippen LogP contribution is -2.52. The van der Waals surface area contributed by atoms with Crippen LogP contribution >= 0.6 is 23.2 Å². The highest BCUT2D eigenvalue weighted by Crippen LogP contribution is 2.34. The van der Waals surface area contributed by atoms with Crippen LogP contribution in [0.3, 0.4) is 0 Å². The number of nitrogens with zero attached hydrogens (tertiary/aromatic N) is 3. The number of aliphatic hydroxyl groups excluding tert-OH is 2. The molecule has 1 saturated heterocycles. The van der Waals surface area contributed by atoms with Crippen molar-refractivity contribution in [2.24, 2.45) is 0 Å². The summed E-state index contributed by atoms with van der Waals surface area (Å²) in [5.41, 5.74) is 0.718. The first-order valence-corrected chi connectivity index (χ1v) is 11.6. The van der Waals surface area contributed by atoms with Crippen LogP contribution in [0.2, 0.25) is 10.0 Å². The van der Waals surface area contributed by atoms with E-state index < -0.39 is 12.1 Å². The number of amides is 2. The number of ether oxygens (including phenoxy) is 1. The number of methoxy groups -OCH3 is 1. The number of halogens is 2. The second kappa shape index (κ2) is 10.8. The largest absolute Gasteiger partial charge is 0.493 e. The molecule has 1 aliphatic rings. The molecular formula is C23H24Cl2N4O6. The van der Waals surface area contributed by atoms with E-state index in [1.54, 1.807) is 21.9 Å². The van der Waals surface area contributed by atoms with Crippen molar-refractivity contribution in [2.45, 2.75) is 12.6 Å². The van der Waals surface area contributed by atoms with E-state index >= 15 is 0 Å². The van der Waals surface area contributed by atoms with Crippen molar-refractivity contribution >= 4 is 51.7 Å². The predicted octanol–water partition coefficient (Wildman–Crippen LogP) is 2.85. The lowest BCUT2D eigenvalue weighted by molar-refractivity contribution is -0.0344. The molecule has 12 heteroatoms. The molecule has 2 aromatic heterocycles. The quantitative estimate of drug-likeness (QED) is 0.432. The van der Waals surface area contributed by atoms with Gasteiger partial charge < -0.3 is 29.6 Å². The topological polar surface area (TPSA) is 128 Å². The average molecular weight is 523 g/mol. The maximum Gasteiger partial charge on any atom is 0.289 e. The normalized spacial score (nSPS) is 15.3. The highest BCUT2D eigenvalue weighted by molar-refractivity contribution is 6.39. The Kier molecular flexibility index (Phi) is 7.78. The number of carbonyl (C=O) groups is 2. The van der Waals surface area contributed by atoms with E-state index in [-0.39, 0.29) is 51.6 Å². The van der Waals surface area contributed by atoms with E-state index in [2.05, 4.69) is 10.3 Å². The number of aromatic nitrogens is 1. The van der Waals surface area contributed by atoms with Gasteiger partial charge >= 0.3 is 0 Å². The van der Waals surface area contributed by atoms with E-state index in [1.807, 2.05) is 0 Å². The maximum absolute atomic E-state index is 13.2. The van der Waals surface area contributed by atoms with Crippen LogP contribution in [-0.4, -0.2) is 82.9 Å². The number of hydrogen-bond acceptors (Lipinski definition) is 8. The van der Waals surface area contributed by atoms with E-state index in [0.717, 1.165) is 0 Å². The Morgan fingerprint density at radius 3 is 2.51 bits per heavy atom. The van der Waals surface area contributed by atoms with Crippen LogP contribution in [0.5, 0.6) is 5.75 Å². The lowest BCUT2D eigenvalue weighted by atomic mass is 10.1. The number of fused-ring (bicyclic) bond motifs is 1. The van der Waals surface area contributed by atoms with Crippen molar-refractivity contribution in [1.82, 2.24) is 14.8 Å². The van der Waals surface area contributed by atoms with Crippen molar-refractivity contribution in [2.75, 3.05) is 45.2 Å². The molecule has 0 saturated carbocycles. The van der Waals surface area contributed by atoms with Crippen LogP contribution < -0.4 is 10.1 Å². The number of piperazine rings is 1. The Bertz CT molecular complexity index is 1220. The molecule has 2 amide bonds. The van der Waals surface area contributed by atoms with Gasteiger partial charge in [-0.05, 0) is 18.2 Å². The smallest absolute Gasteiger partial charge is 0.289 e. The zero-order valence-corrected chi connectivity index (χ0v) is 20.3. The van der Waals surface area contributed by atoms with Gasteiger partial charge in [0.1, 0.15) is 6.23 Å². The number of pyridine rings is 1. The predicted molar refractivity (Wildman–Crippen MR) is 130 cm³/mol. The molecule has 4 rings (SSSR count). The summed E-state index contributed by atoms with van der Waals surface area (Å²) in [4.78, 5) is 33.5.